The maximum Gasteiger partial charge on any atom is 0.352 e. The van der Waals surface area contributed by atoms with Crippen LogP contribution >= 0.6 is 0 Å². The first-order chi connectivity index (χ1) is 7.66. The van der Waals surface area contributed by atoms with Gasteiger partial charge in [0.1, 0.15) is 6.61 Å². The molecule has 5 nitrogen and oxygen atoms in total. The topological polar surface area (TPSA) is 58.2 Å². The summed E-state index contributed by atoms with van der Waals surface area (Å²) in [5.41, 5.74) is 0.589. The standard InChI is InChI=1S/C11H12N2O3/c1-3-16-13-10-7-5-4-6-9(10)12(15)8(2)11(13)14/h4-7H,3H2,1-2H3. The minimum atomic E-state index is -0.421. The van der Waals surface area contributed by atoms with Crippen molar-refractivity contribution in [1.29, 1.82) is 0 Å². The Morgan fingerprint density at radius 3 is 2.81 bits per heavy atom. The highest BCUT2D eigenvalue weighted by atomic mass is 16.7. The average molecular weight is 220 g/mol. The van der Waals surface area contributed by atoms with Gasteiger partial charge in [0, 0.05) is 13.0 Å². The van der Waals surface area contributed by atoms with Crippen LogP contribution in [0.25, 0.3) is 11.0 Å². The molecule has 0 atom stereocenters. The van der Waals surface area contributed by atoms with Crippen molar-refractivity contribution in [2.24, 2.45) is 0 Å². The summed E-state index contributed by atoms with van der Waals surface area (Å²) in [5.74, 6) is 0. The lowest BCUT2D eigenvalue weighted by Crippen LogP contribution is -2.43. The Bertz CT molecular complexity index is 590. The Morgan fingerprint density at radius 1 is 1.44 bits per heavy atom. The number of para-hydroxylation sites is 2. The van der Waals surface area contributed by atoms with E-state index in [1.807, 2.05) is 0 Å². The Labute approximate surface area is 92.0 Å². The van der Waals surface area contributed by atoms with Crippen LogP contribution in [-0.4, -0.2) is 11.3 Å². The number of hydrogen-bond donors (Lipinski definition) is 0. The number of rotatable bonds is 2. The largest absolute Gasteiger partial charge is 0.618 e. The van der Waals surface area contributed by atoms with Crippen LogP contribution < -0.4 is 15.1 Å². The van der Waals surface area contributed by atoms with Crippen LogP contribution in [-0.2, 0) is 0 Å². The Balaban J connectivity index is 2.92. The fraction of sp³-hybridized carbons (Fsp3) is 0.273. The van der Waals surface area contributed by atoms with Gasteiger partial charge in [0.25, 0.3) is 5.69 Å². The average Bonchev–Trinajstić information content (AvgIpc) is 2.32. The minimum Gasteiger partial charge on any atom is -0.618 e. The molecule has 0 aliphatic rings. The molecule has 84 valence electrons. The Kier molecular flexibility index (Phi) is 2.52. The zero-order valence-corrected chi connectivity index (χ0v) is 9.14. The molecular weight excluding hydrogens is 208 g/mol. The third-order valence-corrected chi connectivity index (χ3v) is 2.38. The van der Waals surface area contributed by atoms with E-state index in [2.05, 4.69) is 0 Å². The number of nitrogens with zero attached hydrogens (tertiary/aromatic N) is 2. The number of benzene rings is 1. The molecule has 0 radical (unpaired) electrons. The van der Waals surface area contributed by atoms with Crippen molar-refractivity contribution in [3.63, 3.8) is 0 Å². The molecule has 0 saturated heterocycles. The minimum absolute atomic E-state index is 0.104. The Morgan fingerprint density at radius 2 is 2.12 bits per heavy atom. The van der Waals surface area contributed by atoms with Gasteiger partial charge in [-0.05, 0) is 13.0 Å². The molecule has 0 N–H and O–H groups in total. The normalized spacial score (nSPS) is 10.6. The quantitative estimate of drug-likeness (QED) is 0.543. The summed E-state index contributed by atoms with van der Waals surface area (Å²) in [7, 11) is 0. The van der Waals surface area contributed by atoms with Crippen LogP contribution in [0.2, 0.25) is 0 Å². The summed E-state index contributed by atoms with van der Waals surface area (Å²) < 4.78 is 1.80. The van der Waals surface area contributed by atoms with Gasteiger partial charge in [0.05, 0.1) is 0 Å². The first-order valence-electron chi connectivity index (χ1n) is 5.04. The molecule has 0 spiro atoms. The highest BCUT2D eigenvalue weighted by Gasteiger charge is 2.16. The van der Waals surface area contributed by atoms with Crippen LogP contribution in [0, 0.1) is 12.1 Å². The summed E-state index contributed by atoms with van der Waals surface area (Å²) in [6.07, 6.45) is 0. The second kappa shape index (κ2) is 3.84. The van der Waals surface area contributed by atoms with Crippen LogP contribution in [0.4, 0.5) is 0 Å². The van der Waals surface area contributed by atoms with Crippen molar-refractivity contribution < 1.29 is 9.57 Å². The highest BCUT2D eigenvalue weighted by molar-refractivity contribution is 5.71. The van der Waals surface area contributed by atoms with E-state index in [1.165, 1.54) is 11.7 Å². The van der Waals surface area contributed by atoms with Crippen molar-refractivity contribution in [3.05, 3.63) is 45.5 Å². The van der Waals surface area contributed by atoms with Crippen molar-refractivity contribution in [3.8, 4) is 0 Å². The van der Waals surface area contributed by atoms with Crippen LogP contribution in [0.15, 0.2) is 29.1 Å². The van der Waals surface area contributed by atoms with Gasteiger partial charge in [-0.2, -0.15) is 4.73 Å². The molecule has 0 amide bonds. The zero-order valence-electron chi connectivity index (χ0n) is 9.14. The first-order valence-corrected chi connectivity index (χ1v) is 5.04. The number of fused-ring (bicyclic) bond motifs is 1. The molecule has 16 heavy (non-hydrogen) atoms. The summed E-state index contributed by atoms with van der Waals surface area (Å²) in [6.45, 7) is 3.64. The summed E-state index contributed by atoms with van der Waals surface area (Å²) >= 11 is 0. The van der Waals surface area contributed by atoms with E-state index in [4.69, 9.17) is 4.84 Å². The number of aromatic nitrogens is 2. The van der Waals surface area contributed by atoms with Gasteiger partial charge in [0.15, 0.2) is 5.52 Å². The second-order valence-electron chi connectivity index (χ2n) is 3.39. The van der Waals surface area contributed by atoms with E-state index in [1.54, 1.807) is 31.2 Å². The molecule has 5 heteroatoms. The lowest BCUT2D eigenvalue weighted by atomic mass is 10.3. The smallest absolute Gasteiger partial charge is 0.352 e. The first kappa shape index (κ1) is 10.5. The van der Waals surface area contributed by atoms with Crippen LogP contribution in [0.1, 0.15) is 12.6 Å². The molecule has 1 aromatic heterocycles. The van der Waals surface area contributed by atoms with Crippen LogP contribution in [0.3, 0.4) is 0 Å². The lowest BCUT2D eigenvalue weighted by Gasteiger charge is -2.11. The highest BCUT2D eigenvalue weighted by Crippen LogP contribution is 2.06. The van der Waals surface area contributed by atoms with Crippen molar-refractivity contribution in [2.45, 2.75) is 13.8 Å². The van der Waals surface area contributed by atoms with Gasteiger partial charge >= 0.3 is 5.56 Å². The molecule has 1 heterocycles. The van der Waals surface area contributed by atoms with Gasteiger partial charge < -0.3 is 10.0 Å². The van der Waals surface area contributed by atoms with Crippen molar-refractivity contribution in [1.82, 2.24) is 4.73 Å². The van der Waals surface area contributed by atoms with Gasteiger partial charge in [-0.15, -0.1) is 4.73 Å². The van der Waals surface area contributed by atoms with Crippen LogP contribution in [0.5, 0.6) is 0 Å². The molecule has 2 rings (SSSR count). The molecule has 0 bridgehead atoms. The van der Waals surface area contributed by atoms with Gasteiger partial charge in [-0.3, -0.25) is 4.79 Å². The predicted octanol–water partition coefficient (Wildman–Crippen LogP) is 0.392. The van der Waals surface area contributed by atoms with Gasteiger partial charge in [0.2, 0.25) is 5.52 Å². The maximum atomic E-state index is 11.8. The lowest BCUT2D eigenvalue weighted by molar-refractivity contribution is -0.586. The van der Waals surface area contributed by atoms with Gasteiger partial charge in [-0.1, -0.05) is 12.1 Å². The molecule has 2 aromatic rings. The Hall–Kier alpha value is -2.04. The summed E-state index contributed by atoms with van der Waals surface area (Å²) in [6, 6.07) is 6.84. The molecule has 0 aliphatic carbocycles. The van der Waals surface area contributed by atoms with E-state index >= 15 is 0 Å². The molecule has 0 unspecified atom stereocenters. The predicted molar refractivity (Wildman–Crippen MR) is 59.0 cm³/mol. The molecule has 0 fully saturated rings. The van der Waals surface area contributed by atoms with E-state index in [-0.39, 0.29) is 5.69 Å². The molecule has 1 aromatic carbocycles. The van der Waals surface area contributed by atoms with Crippen molar-refractivity contribution in [2.75, 3.05) is 6.61 Å². The third kappa shape index (κ3) is 1.41. The fourth-order valence-corrected chi connectivity index (χ4v) is 1.59. The van der Waals surface area contributed by atoms with E-state index < -0.39 is 5.56 Å². The molecule has 0 aliphatic heterocycles. The summed E-state index contributed by atoms with van der Waals surface area (Å²) in [5, 5.41) is 11.8. The number of hydrogen-bond acceptors (Lipinski definition) is 3. The monoisotopic (exact) mass is 220 g/mol. The third-order valence-electron chi connectivity index (χ3n) is 2.38. The van der Waals surface area contributed by atoms with Gasteiger partial charge in [-0.25, -0.2) is 0 Å². The van der Waals surface area contributed by atoms with E-state index in [0.717, 1.165) is 0 Å². The SMILES string of the molecule is CCOn1c(=O)c(C)[n+]([O-])c2ccccc21. The maximum absolute atomic E-state index is 11.8. The second-order valence-corrected chi connectivity index (χ2v) is 3.39. The molecular formula is C11H12N2O3. The zero-order chi connectivity index (χ0) is 11.7. The molecule has 0 saturated carbocycles. The summed E-state index contributed by atoms with van der Waals surface area (Å²) in [4.78, 5) is 17.0. The van der Waals surface area contributed by atoms with E-state index in [0.29, 0.717) is 22.4 Å². The van der Waals surface area contributed by atoms with Crippen molar-refractivity contribution >= 4 is 11.0 Å². The fourth-order valence-electron chi connectivity index (χ4n) is 1.59. The van der Waals surface area contributed by atoms with E-state index in [9.17, 15) is 10.0 Å².